The maximum Gasteiger partial charge on any atom is 0.223 e. The van der Waals surface area contributed by atoms with Gasteiger partial charge in [0, 0.05) is 0 Å². The first-order chi connectivity index (χ1) is 5.25. The quantitative estimate of drug-likeness (QED) is 0.724. The molecule has 1 aromatic heterocycles. The summed E-state index contributed by atoms with van der Waals surface area (Å²) in [5.41, 5.74) is 0. The van der Waals surface area contributed by atoms with E-state index in [0.29, 0.717) is 11.1 Å². The molecule has 1 aromatic rings. The fourth-order valence-corrected chi connectivity index (χ4v) is 1.36. The van der Waals surface area contributed by atoms with Crippen LogP contribution in [0.2, 0.25) is 0 Å². The normalized spacial score (nSPS) is 22.6. The summed E-state index contributed by atoms with van der Waals surface area (Å²) in [6.45, 7) is 0. The molecule has 2 rings (SSSR count). The average Bonchev–Trinajstić information content (AvgIpc) is 2.29. The summed E-state index contributed by atoms with van der Waals surface area (Å²) >= 11 is 3.19. The van der Waals surface area contributed by atoms with Gasteiger partial charge in [-0.25, -0.2) is 0 Å². The molecule has 11 heavy (non-hydrogen) atoms. The van der Waals surface area contributed by atoms with Crippen LogP contribution in [0.4, 0.5) is 0 Å². The summed E-state index contributed by atoms with van der Waals surface area (Å²) in [5.74, 6) is 0.902. The molecule has 58 valence electrons. The second kappa shape index (κ2) is 2.37. The minimum atomic E-state index is 0.0857. The highest BCUT2D eigenvalue weighted by Crippen LogP contribution is 2.27. The molecule has 1 N–H and O–H groups in total. The minimum Gasteiger partial charge on any atom is -0.452 e. The molecule has 1 aliphatic heterocycles. The van der Waals surface area contributed by atoms with Gasteiger partial charge in [0.25, 0.3) is 0 Å². The van der Waals surface area contributed by atoms with E-state index in [1.807, 2.05) is 12.1 Å². The van der Waals surface area contributed by atoms with E-state index in [-0.39, 0.29) is 11.9 Å². The van der Waals surface area contributed by atoms with E-state index in [4.69, 9.17) is 4.42 Å². The van der Waals surface area contributed by atoms with Crippen LogP contribution in [-0.2, 0) is 4.79 Å². The maximum atomic E-state index is 10.5. The Morgan fingerprint density at radius 3 is 2.82 bits per heavy atom. The molecule has 1 fully saturated rings. The van der Waals surface area contributed by atoms with Crippen LogP contribution in [0.3, 0.4) is 0 Å². The van der Waals surface area contributed by atoms with Crippen molar-refractivity contribution in [1.82, 2.24) is 5.32 Å². The molecule has 1 amide bonds. The van der Waals surface area contributed by atoms with E-state index in [1.54, 1.807) is 0 Å². The van der Waals surface area contributed by atoms with Gasteiger partial charge in [0.15, 0.2) is 4.67 Å². The molecule has 1 unspecified atom stereocenters. The third-order valence-electron chi connectivity index (χ3n) is 1.66. The molecule has 0 radical (unpaired) electrons. The summed E-state index contributed by atoms with van der Waals surface area (Å²) in [7, 11) is 0. The van der Waals surface area contributed by atoms with Crippen molar-refractivity contribution in [3.05, 3.63) is 22.6 Å². The van der Waals surface area contributed by atoms with Crippen molar-refractivity contribution in [2.24, 2.45) is 0 Å². The number of amides is 1. The zero-order chi connectivity index (χ0) is 7.84. The topological polar surface area (TPSA) is 42.2 Å². The number of halogens is 1. The lowest BCUT2D eigenvalue weighted by Gasteiger charge is -2.24. The zero-order valence-electron chi connectivity index (χ0n) is 5.63. The van der Waals surface area contributed by atoms with Crippen LogP contribution in [0.5, 0.6) is 0 Å². The number of furan rings is 1. The Balaban J connectivity index is 2.12. The molecule has 1 atom stereocenters. The van der Waals surface area contributed by atoms with Crippen molar-refractivity contribution in [2.75, 3.05) is 0 Å². The molecule has 0 spiro atoms. The Morgan fingerprint density at radius 1 is 1.64 bits per heavy atom. The Bertz CT molecular complexity index is 286. The highest BCUT2D eigenvalue weighted by Gasteiger charge is 2.28. The van der Waals surface area contributed by atoms with Gasteiger partial charge in [0.1, 0.15) is 5.76 Å². The summed E-state index contributed by atoms with van der Waals surface area (Å²) in [6.07, 6.45) is 0.542. The molecule has 3 nitrogen and oxygen atoms in total. The molecular formula is C7H6BrNO2. The number of nitrogens with one attached hydrogen (secondary N) is 1. The molecule has 1 saturated heterocycles. The van der Waals surface area contributed by atoms with Crippen LogP contribution < -0.4 is 5.32 Å². The molecule has 1 aliphatic rings. The van der Waals surface area contributed by atoms with Gasteiger partial charge < -0.3 is 9.73 Å². The largest absolute Gasteiger partial charge is 0.452 e. The van der Waals surface area contributed by atoms with E-state index in [2.05, 4.69) is 21.2 Å². The Morgan fingerprint density at radius 2 is 2.36 bits per heavy atom. The Labute approximate surface area is 71.9 Å². The van der Waals surface area contributed by atoms with Gasteiger partial charge in [-0.2, -0.15) is 0 Å². The smallest absolute Gasteiger partial charge is 0.223 e. The minimum absolute atomic E-state index is 0.0857. The van der Waals surface area contributed by atoms with Gasteiger partial charge in [-0.3, -0.25) is 4.79 Å². The van der Waals surface area contributed by atoms with Crippen LogP contribution in [-0.4, -0.2) is 5.91 Å². The lowest BCUT2D eigenvalue weighted by Crippen LogP contribution is -2.41. The molecule has 0 aromatic carbocycles. The van der Waals surface area contributed by atoms with E-state index >= 15 is 0 Å². The first kappa shape index (κ1) is 6.91. The van der Waals surface area contributed by atoms with Crippen LogP contribution >= 0.6 is 15.9 Å². The van der Waals surface area contributed by atoms with Crippen molar-refractivity contribution in [1.29, 1.82) is 0 Å². The third-order valence-corrected chi connectivity index (χ3v) is 2.09. The van der Waals surface area contributed by atoms with Crippen molar-refractivity contribution in [2.45, 2.75) is 12.5 Å². The number of carbonyl (C=O) groups is 1. The van der Waals surface area contributed by atoms with Gasteiger partial charge in [0.2, 0.25) is 5.91 Å². The number of β-lactam (4-membered cyclic amide) rings is 1. The number of carbonyl (C=O) groups excluding carboxylic acids is 1. The molecule has 0 aliphatic carbocycles. The lowest BCUT2D eigenvalue weighted by molar-refractivity contribution is -0.128. The Hall–Kier alpha value is -0.770. The van der Waals surface area contributed by atoms with Crippen molar-refractivity contribution < 1.29 is 9.21 Å². The van der Waals surface area contributed by atoms with Crippen LogP contribution in [0, 0.1) is 0 Å². The first-order valence-corrected chi connectivity index (χ1v) is 4.09. The molecule has 2 heterocycles. The van der Waals surface area contributed by atoms with Crippen molar-refractivity contribution in [3.63, 3.8) is 0 Å². The second-order valence-corrected chi connectivity index (χ2v) is 3.25. The summed E-state index contributed by atoms with van der Waals surface area (Å²) in [6, 6.07) is 3.77. The predicted octanol–water partition coefficient (Wildman–Crippen LogP) is 1.60. The highest BCUT2D eigenvalue weighted by molar-refractivity contribution is 9.10. The Kier molecular flexibility index (Phi) is 1.49. The van der Waals surface area contributed by atoms with Crippen molar-refractivity contribution in [3.8, 4) is 0 Å². The SMILES string of the molecule is O=C1CC(c2ccc(Br)o2)N1. The molecular weight excluding hydrogens is 210 g/mol. The summed E-state index contributed by atoms with van der Waals surface area (Å²) in [5, 5.41) is 2.72. The van der Waals surface area contributed by atoms with Gasteiger partial charge >= 0.3 is 0 Å². The highest BCUT2D eigenvalue weighted by atomic mass is 79.9. The maximum absolute atomic E-state index is 10.5. The van der Waals surface area contributed by atoms with Gasteiger partial charge in [-0.15, -0.1) is 0 Å². The number of hydrogen-bond acceptors (Lipinski definition) is 2. The van der Waals surface area contributed by atoms with Gasteiger partial charge in [-0.05, 0) is 28.1 Å². The molecule has 0 bridgehead atoms. The number of rotatable bonds is 1. The molecule has 0 saturated carbocycles. The van der Waals surface area contributed by atoms with Crippen molar-refractivity contribution >= 4 is 21.8 Å². The van der Waals surface area contributed by atoms with E-state index < -0.39 is 0 Å². The van der Waals surface area contributed by atoms with E-state index in [0.717, 1.165) is 5.76 Å². The van der Waals surface area contributed by atoms with Gasteiger partial charge in [-0.1, -0.05) is 0 Å². The van der Waals surface area contributed by atoms with Crippen LogP contribution in [0.1, 0.15) is 18.2 Å². The molecule has 4 heteroatoms. The first-order valence-electron chi connectivity index (χ1n) is 3.30. The summed E-state index contributed by atoms with van der Waals surface area (Å²) < 4.78 is 5.94. The number of hydrogen-bond donors (Lipinski definition) is 1. The standard InChI is InChI=1S/C7H6BrNO2/c8-6-2-1-5(11-6)4-3-7(10)9-4/h1-2,4H,3H2,(H,9,10). The monoisotopic (exact) mass is 215 g/mol. The average molecular weight is 216 g/mol. The lowest BCUT2D eigenvalue weighted by atomic mass is 10.0. The third kappa shape index (κ3) is 1.18. The fraction of sp³-hybridized carbons (Fsp3) is 0.286. The van der Waals surface area contributed by atoms with Crippen LogP contribution in [0.25, 0.3) is 0 Å². The fourth-order valence-electron chi connectivity index (χ4n) is 1.05. The zero-order valence-corrected chi connectivity index (χ0v) is 7.22. The van der Waals surface area contributed by atoms with Gasteiger partial charge in [0.05, 0.1) is 12.5 Å². The van der Waals surface area contributed by atoms with E-state index in [1.165, 1.54) is 0 Å². The predicted molar refractivity (Wildman–Crippen MR) is 41.9 cm³/mol. The van der Waals surface area contributed by atoms with E-state index in [9.17, 15) is 4.79 Å². The summed E-state index contributed by atoms with van der Waals surface area (Å²) in [4.78, 5) is 10.5. The second-order valence-electron chi connectivity index (χ2n) is 2.47. The van der Waals surface area contributed by atoms with Crippen LogP contribution in [0.15, 0.2) is 21.2 Å².